The van der Waals surface area contributed by atoms with E-state index in [4.69, 9.17) is 18.3 Å². The largest absolute Gasteiger partial charge is 0.372 e. The first-order valence-corrected chi connectivity index (χ1v) is 11.7. The average Bonchev–Trinajstić information content (AvgIpc) is 3.23. The molecule has 3 aliphatic carbocycles. The molecule has 0 N–H and O–H groups in total. The number of hydrogen-bond acceptors (Lipinski definition) is 4. The molecule has 0 aromatic heterocycles. The molecule has 0 radical (unpaired) electrons. The molecule has 0 spiro atoms. The van der Waals surface area contributed by atoms with Crippen molar-refractivity contribution in [3.63, 3.8) is 0 Å². The number of fused-ring (bicyclic) bond motifs is 3. The summed E-state index contributed by atoms with van der Waals surface area (Å²) >= 11 is 0. The van der Waals surface area contributed by atoms with Crippen molar-refractivity contribution in [2.24, 2.45) is 28.6 Å². The van der Waals surface area contributed by atoms with Gasteiger partial charge in [-0.15, -0.1) is 0 Å². The van der Waals surface area contributed by atoms with E-state index >= 15 is 0 Å². The second kappa shape index (κ2) is 7.31. The van der Waals surface area contributed by atoms with E-state index in [1.807, 2.05) is 6.92 Å². The van der Waals surface area contributed by atoms with Crippen LogP contribution in [0.3, 0.4) is 0 Å². The predicted octanol–water partition coefficient (Wildman–Crippen LogP) is 5.53. The summed E-state index contributed by atoms with van der Waals surface area (Å²) in [7, 11) is 0. The predicted molar refractivity (Wildman–Crippen MR) is 114 cm³/mol. The third-order valence-electron chi connectivity index (χ3n) is 8.55. The molecule has 29 heavy (non-hydrogen) atoms. The fourth-order valence-electron chi connectivity index (χ4n) is 7.05. The van der Waals surface area contributed by atoms with Crippen LogP contribution in [-0.2, 0) is 19.0 Å². The third-order valence-corrected chi connectivity index (χ3v) is 8.55. The highest BCUT2D eigenvalue weighted by Gasteiger charge is 2.60. The maximum absolute atomic E-state index is 13.5. The van der Waals surface area contributed by atoms with Crippen LogP contribution in [0.25, 0.3) is 0 Å². The fraction of sp³-hybridized carbons (Fsp3) is 0.960. The second-order valence-corrected chi connectivity index (χ2v) is 11.5. The minimum absolute atomic E-state index is 0.0545. The average molecular weight is 410 g/mol. The van der Waals surface area contributed by atoms with Crippen LogP contribution in [0.1, 0.15) is 96.9 Å². The molecular weight excluding hydrogens is 364 g/mol. The van der Waals surface area contributed by atoms with Crippen LogP contribution in [0, 0.1) is 28.6 Å². The highest BCUT2D eigenvalue weighted by Crippen LogP contribution is 2.63. The van der Waals surface area contributed by atoms with Gasteiger partial charge in [-0.1, -0.05) is 13.8 Å². The summed E-state index contributed by atoms with van der Waals surface area (Å²) in [6, 6.07) is 0. The normalized spacial score (nSPS) is 46.5. The van der Waals surface area contributed by atoms with E-state index in [0.29, 0.717) is 38.4 Å². The zero-order valence-electron chi connectivity index (χ0n) is 22.0. The van der Waals surface area contributed by atoms with Crippen LogP contribution < -0.4 is 0 Å². The number of Topliss-reactive ketones (excluding diaryl/α,β-unsaturated/α-hetero) is 1. The second-order valence-electron chi connectivity index (χ2n) is 11.5. The van der Waals surface area contributed by atoms with E-state index in [0.717, 1.165) is 32.1 Å². The van der Waals surface area contributed by atoms with Gasteiger partial charge in [0, 0.05) is 22.4 Å². The van der Waals surface area contributed by atoms with Gasteiger partial charge in [-0.25, -0.2) is 0 Å². The highest BCUT2D eigenvalue weighted by molar-refractivity contribution is 5.85. The molecule has 4 heteroatoms. The lowest BCUT2D eigenvalue weighted by Gasteiger charge is -2.56. The van der Waals surface area contributed by atoms with Crippen molar-refractivity contribution < 1.29 is 23.1 Å². The minimum atomic E-state index is -2.32. The number of hydrogen-bond donors (Lipinski definition) is 0. The molecule has 166 valence electrons. The molecule has 4 fully saturated rings. The van der Waals surface area contributed by atoms with Gasteiger partial charge in [0.2, 0.25) is 0 Å². The molecule has 4 aliphatic rings. The SMILES string of the molecule is [2H]C([2H])([2H])[C@@]1(CCC2(C)OCCO2)C(=O)CC[C@@H]2[C@H]3CC[C@@H](OC(C)(C)C)[C@]3(C)CC[C@H]21. The summed E-state index contributed by atoms with van der Waals surface area (Å²) < 4.78 is 43.8. The summed E-state index contributed by atoms with van der Waals surface area (Å²) in [5.41, 5.74) is -1.43. The fourth-order valence-corrected chi connectivity index (χ4v) is 7.05. The number of rotatable bonds is 4. The standard InChI is InChI=1S/C25H42O4/c1-22(2,3)29-21-10-8-18-17-7-9-20(26)23(4,19(17)11-12-24(18,21)5)13-14-25(6)27-15-16-28-25/h17-19,21H,7-16H2,1-6H3/t17-,18-,19-,21-,23+,24-/m1/s1/i4D3. The molecule has 4 nitrogen and oxygen atoms in total. The molecule has 4 rings (SSSR count). The van der Waals surface area contributed by atoms with Crippen molar-refractivity contribution in [3.05, 3.63) is 0 Å². The summed E-state index contributed by atoms with van der Waals surface area (Å²) in [4.78, 5) is 13.5. The molecule has 0 aromatic rings. The first-order valence-electron chi connectivity index (χ1n) is 13.2. The number of ether oxygens (including phenoxy) is 3. The maximum Gasteiger partial charge on any atom is 0.165 e. The van der Waals surface area contributed by atoms with Gasteiger partial charge in [-0.3, -0.25) is 4.79 Å². The minimum Gasteiger partial charge on any atom is -0.372 e. The monoisotopic (exact) mass is 409 g/mol. The van der Waals surface area contributed by atoms with Gasteiger partial charge in [0.05, 0.1) is 24.9 Å². The lowest BCUT2D eigenvalue weighted by atomic mass is 9.49. The van der Waals surface area contributed by atoms with Gasteiger partial charge in [-0.05, 0) is 89.4 Å². The van der Waals surface area contributed by atoms with E-state index in [-0.39, 0.29) is 34.7 Å². The summed E-state index contributed by atoms with van der Waals surface area (Å²) in [6.07, 6.45) is 5.93. The Bertz CT molecular complexity index is 724. The Kier molecular flexibility index (Phi) is 4.57. The Hall–Kier alpha value is -0.450. The molecule has 0 amide bonds. The van der Waals surface area contributed by atoms with Crippen LogP contribution in [-0.4, -0.2) is 36.5 Å². The van der Waals surface area contributed by atoms with Gasteiger partial charge >= 0.3 is 0 Å². The Labute approximate surface area is 181 Å². The lowest BCUT2D eigenvalue weighted by molar-refractivity contribution is -0.170. The van der Waals surface area contributed by atoms with Gasteiger partial charge < -0.3 is 14.2 Å². The van der Waals surface area contributed by atoms with Crippen LogP contribution in [0.15, 0.2) is 0 Å². The smallest absolute Gasteiger partial charge is 0.165 e. The van der Waals surface area contributed by atoms with Crippen molar-refractivity contribution >= 4 is 5.78 Å². The van der Waals surface area contributed by atoms with Crippen molar-refractivity contribution in [3.8, 4) is 0 Å². The van der Waals surface area contributed by atoms with E-state index in [1.54, 1.807) is 0 Å². The van der Waals surface area contributed by atoms with Gasteiger partial charge in [-0.2, -0.15) is 0 Å². The van der Waals surface area contributed by atoms with E-state index < -0.39 is 18.1 Å². The van der Waals surface area contributed by atoms with Crippen molar-refractivity contribution in [2.45, 2.75) is 110 Å². The highest BCUT2D eigenvalue weighted by atomic mass is 16.7. The van der Waals surface area contributed by atoms with Gasteiger partial charge in [0.1, 0.15) is 5.78 Å². The topological polar surface area (TPSA) is 44.8 Å². The Balaban J connectivity index is 1.63. The zero-order chi connectivity index (χ0) is 23.6. The molecule has 1 aliphatic heterocycles. The van der Waals surface area contributed by atoms with E-state index in [1.165, 1.54) is 0 Å². The summed E-state index contributed by atoms with van der Waals surface area (Å²) in [5, 5.41) is 0. The van der Waals surface area contributed by atoms with Crippen LogP contribution >= 0.6 is 0 Å². The van der Waals surface area contributed by atoms with Crippen molar-refractivity contribution in [1.29, 1.82) is 0 Å². The quantitative estimate of drug-likeness (QED) is 0.613. The summed E-state index contributed by atoms with van der Waals surface area (Å²) in [6.45, 7) is 9.29. The molecule has 0 unspecified atom stereocenters. The lowest BCUT2D eigenvalue weighted by Crippen LogP contribution is -2.54. The first-order chi connectivity index (χ1) is 14.7. The molecule has 1 heterocycles. The molecule has 3 saturated carbocycles. The molecule has 0 bridgehead atoms. The van der Waals surface area contributed by atoms with Crippen LogP contribution in [0.4, 0.5) is 0 Å². The number of carbonyl (C=O) groups is 1. The van der Waals surface area contributed by atoms with Crippen LogP contribution in [0.2, 0.25) is 0 Å². The Morgan fingerprint density at radius 2 is 1.79 bits per heavy atom. The third kappa shape index (κ3) is 3.83. The molecule has 0 aromatic carbocycles. The van der Waals surface area contributed by atoms with Gasteiger partial charge in [0.15, 0.2) is 5.79 Å². The number of carbonyl (C=O) groups excluding carboxylic acids is 1. The Morgan fingerprint density at radius 1 is 1.07 bits per heavy atom. The van der Waals surface area contributed by atoms with Crippen molar-refractivity contribution in [2.75, 3.05) is 13.2 Å². The molecule has 1 saturated heterocycles. The maximum atomic E-state index is 13.5. The summed E-state index contributed by atoms with van der Waals surface area (Å²) in [5.74, 6) is -0.276. The molecule has 6 atom stereocenters. The van der Waals surface area contributed by atoms with Crippen LogP contribution in [0.5, 0.6) is 0 Å². The van der Waals surface area contributed by atoms with Crippen molar-refractivity contribution in [1.82, 2.24) is 0 Å². The Morgan fingerprint density at radius 3 is 2.45 bits per heavy atom. The first kappa shape index (κ1) is 18.2. The zero-order valence-corrected chi connectivity index (χ0v) is 19.0. The molecular formula is C25H42O4. The van der Waals surface area contributed by atoms with E-state index in [9.17, 15) is 4.79 Å². The number of ketones is 1. The van der Waals surface area contributed by atoms with Gasteiger partial charge in [0.25, 0.3) is 0 Å². The van der Waals surface area contributed by atoms with E-state index in [2.05, 4.69) is 27.7 Å².